The Kier molecular flexibility index (Phi) is 2.94. The van der Waals surface area contributed by atoms with Crippen molar-refractivity contribution in [3.8, 4) is 11.3 Å². The lowest BCUT2D eigenvalue weighted by Gasteiger charge is -2.08. The summed E-state index contributed by atoms with van der Waals surface area (Å²) in [4.78, 5) is 10.6. The second kappa shape index (κ2) is 4.29. The van der Waals surface area contributed by atoms with E-state index in [1.165, 1.54) is 16.8 Å². The topological polar surface area (TPSA) is 34.9 Å². The molecule has 0 aliphatic heterocycles. The van der Waals surface area contributed by atoms with Gasteiger partial charge in [0.25, 0.3) is 0 Å². The van der Waals surface area contributed by atoms with E-state index in [1.807, 2.05) is 0 Å². The first kappa shape index (κ1) is 12.3. The van der Waals surface area contributed by atoms with Gasteiger partial charge in [0.15, 0.2) is 6.29 Å². The molecule has 0 bridgehead atoms. The van der Waals surface area contributed by atoms with Gasteiger partial charge in [-0.15, -0.1) is 0 Å². The third kappa shape index (κ3) is 2.27. The van der Waals surface area contributed by atoms with Crippen molar-refractivity contribution in [2.24, 2.45) is 7.05 Å². The first-order valence-electron chi connectivity index (χ1n) is 5.08. The summed E-state index contributed by atoms with van der Waals surface area (Å²) >= 11 is 0. The zero-order valence-electron chi connectivity index (χ0n) is 9.40. The minimum absolute atomic E-state index is 0.185. The average molecular weight is 254 g/mol. The number of benzene rings is 1. The Morgan fingerprint density at radius 1 is 1.28 bits per heavy atom. The Morgan fingerprint density at radius 2 is 2.00 bits per heavy atom. The number of aryl methyl sites for hydroxylation is 1. The molecule has 1 aromatic carbocycles. The summed E-state index contributed by atoms with van der Waals surface area (Å²) in [6, 6.07) is 6.35. The molecule has 0 aliphatic rings. The number of nitrogens with zero attached hydrogens (tertiary/aromatic N) is 2. The van der Waals surface area contributed by atoms with Crippen LogP contribution in [0.4, 0.5) is 13.2 Å². The summed E-state index contributed by atoms with van der Waals surface area (Å²) in [5.41, 5.74) is 0.287. The molecule has 2 aromatic rings. The highest BCUT2D eigenvalue weighted by atomic mass is 19.4. The van der Waals surface area contributed by atoms with E-state index >= 15 is 0 Å². The third-order valence-electron chi connectivity index (χ3n) is 2.51. The van der Waals surface area contributed by atoms with Gasteiger partial charge in [-0.1, -0.05) is 12.1 Å². The standard InChI is InChI=1S/C12H9F3N2O/c1-17-11(6-10(7-18)16-17)8-3-2-4-9(5-8)12(13,14)15/h2-7H,1H3. The number of aldehydes is 1. The summed E-state index contributed by atoms with van der Waals surface area (Å²) in [7, 11) is 1.57. The molecule has 6 heteroatoms. The SMILES string of the molecule is Cn1nc(C=O)cc1-c1cccc(C(F)(F)F)c1. The van der Waals surface area contributed by atoms with Crippen molar-refractivity contribution >= 4 is 6.29 Å². The number of hydrogen-bond acceptors (Lipinski definition) is 2. The number of rotatable bonds is 2. The van der Waals surface area contributed by atoms with Crippen LogP contribution in [0.15, 0.2) is 30.3 Å². The fourth-order valence-electron chi connectivity index (χ4n) is 1.67. The fraction of sp³-hybridized carbons (Fsp3) is 0.167. The second-order valence-electron chi connectivity index (χ2n) is 3.77. The van der Waals surface area contributed by atoms with Gasteiger partial charge >= 0.3 is 6.18 Å². The maximum Gasteiger partial charge on any atom is 0.416 e. The minimum atomic E-state index is -4.39. The van der Waals surface area contributed by atoms with E-state index in [0.29, 0.717) is 17.5 Å². The van der Waals surface area contributed by atoms with E-state index in [-0.39, 0.29) is 5.69 Å². The normalized spacial score (nSPS) is 11.6. The Bertz CT molecular complexity index is 587. The van der Waals surface area contributed by atoms with Gasteiger partial charge in [-0.05, 0) is 18.2 Å². The lowest BCUT2D eigenvalue weighted by molar-refractivity contribution is -0.137. The van der Waals surface area contributed by atoms with E-state index in [4.69, 9.17) is 0 Å². The van der Waals surface area contributed by atoms with Crippen LogP contribution in [0, 0.1) is 0 Å². The molecule has 1 aromatic heterocycles. The number of carbonyl (C=O) groups is 1. The predicted molar refractivity (Wildman–Crippen MR) is 59.0 cm³/mol. The molecule has 0 aliphatic carbocycles. The van der Waals surface area contributed by atoms with Crippen LogP contribution >= 0.6 is 0 Å². The molecule has 2 rings (SSSR count). The minimum Gasteiger partial charge on any atom is -0.296 e. The van der Waals surface area contributed by atoms with E-state index in [1.54, 1.807) is 13.1 Å². The third-order valence-corrected chi connectivity index (χ3v) is 2.51. The van der Waals surface area contributed by atoms with Crippen LogP contribution < -0.4 is 0 Å². The largest absolute Gasteiger partial charge is 0.416 e. The highest BCUT2D eigenvalue weighted by molar-refractivity contribution is 5.75. The molecule has 0 fully saturated rings. The molecule has 94 valence electrons. The molecule has 18 heavy (non-hydrogen) atoms. The first-order chi connectivity index (χ1) is 8.41. The molecular weight excluding hydrogens is 245 g/mol. The Morgan fingerprint density at radius 3 is 2.56 bits per heavy atom. The maximum atomic E-state index is 12.6. The summed E-state index contributed by atoms with van der Waals surface area (Å²) in [5.74, 6) is 0. The molecular formula is C12H9F3N2O. The maximum absolute atomic E-state index is 12.6. The molecule has 0 saturated heterocycles. The van der Waals surface area contributed by atoms with Gasteiger partial charge in [0, 0.05) is 12.6 Å². The van der Waals surface area contributed by atoms with Crippen LogP contribution in [-0.4, -0.2) is 16.1 Å². The van der Waals surface area contributed by atoms with Crippen molar-refractivity contribution in [2.75, 3.05) is 0 Å². The average Bonchev–Trinajstić information content (AvgIpc) is 2.70. The van der Waals surface area contributed by atoms with E-state index in [9.17, 15) is 18.0 Å². The van der Waals surface area contributed by atoms with Gasteiger partial charge < -0.3 is 0 Å². The van der Waals surface area contributed by atoms with Crippen LogP contribution in [0.1, 0.15) is 16.1 Å². The van der Waals surface area contributed by atoms with E-state index in [0.717, 1.165) is 12.1 Å². The van der Waals surface area contributed by atoms with Gasteiger partial charge in [-0.2, -0.15) is 18.3 Å². The van der Waals surface area contributed by atoms with Crippen molar-refractivity contribution in [1.82, 2.24) is 9.78 Å². The van der Waals surface area contributed by atoms with Crippen LogP contribution in [0.2, 0.25) is 0 Å². The van der Waals surface area contributed by atoms with Gasteiger partial charge in [-0.3, -0.25) is 9.48 Å². The number of alkyl halides is 3. The Labute approximate surface area is 101 Å². The molecule has 0 atom stereocenters. The smallest absolute Gasteiger partial charge is 0.296 e. The van der Waals surface area contributed by atoms with Crippen molar-refractivity contribution in [3.05, 3.63) is 41.6 Å². The highest BCUT2D eigenvalue weighted by Gasteiger charge is 2.30. The van der Waals surface area contributed by atoms with Crippen LogP contribution in [-0.2, 0) is 13.2 Å². The van der Waals surface area contributed by atoms with Gasteiger partial charge in [0.2, 0.25) is 0 Å². The molecule has 0 N–H and O–H groups in total. The first-order valence-corrected chi connectivity index (χ1v) is 5.08. The van der Waals surface area contributed by atoms with Crippen molar-refractivity contribution < 1.29 is 18.0 Å². The lowest BCUT2D eigenvalue weighted by Crippen LogP contribution is -2.05. The highest BCUT2D eigenvalue weighted by Crippen LogP contribution is 2.32. The van der Waals surface area contributed by atoms with E-state index in [2.05, 4.69) is 5.10 Å². The molecule has 0 radical (unpaired) electrons. The summed E-state index contributed by atoms with van der Waals surface area (Å²) in [6.45, 7) is 0. The quantitative estimate of drug-likeness (QED) is 0.772. The van der Waals surface area contributed by atoms with Gasteiger partial charge in [0.1, 0.15) is 5.69 Å². The molecule has 0 amide bonds. The predicted octanol–water partition coefficient (Wildman–Crippen LogP) is 2.92. The molecule has 0 saturated carbocycles. The van der Waals surface area contributed by atoms with Gasteiger partial charge in [0.05, 0.1) is 11.3 Å². The zero-order chi connectivity index (χ0) is 13.3. The number of aromatic nitrogens is 2. The van der Waals surface area contributed by atoms with Crippen LogP contribution in [0.25, 0.3) is 11.3 Å². The monoisotopic (exact) mass is 254 g/mol. The van der Waals surface area contributed by atoms with E-state index < -0.39 is 11.7 Å². The second-order valence-corrected chi connectivity index (χ2v) is 3.77. The molecule has 0 spiro atoms. The van der Waals surface area contributed by atoms with Gasteiger partial charge in [-0.25, -0.2) is 0 Å². The Balaban J connectivity index is 2.51. The lowest BCUT2D eigenvalue weighted by atomic mass is 10.1. The number of hydrogen-bond donors (Lipinski definition) is 0. The number of carbonyl (C=O) groups excluding carboxylic acids is 1. The molecule has 1 heterocycles. The van der Waals surface area contributed by atoms with Crippen molar-refractivity contribution in [3.63, 3.8) is 0 Å². The molecule has 0 unspecified atom stereocenters. The Hall–Kier alpha value is -2.11. The molecule has 3 nitrogen and oxygen atoms in total. The van der Waals surface area contributed by atoms with Crippen molar-refractivity contribution in [1.29, 1.82) is 0 Å². The van der Waals surface area contributed by atoms with Crippen LogP contribution in [0.3, 0.4) is 0 Å². The summed E-state index contributed by atoms with van der Waals surface area (Å²) in [6.07, 6.45) is -3.83. The summed E-state index contributed by atoms with van der Waals surface area (Å²) < 4.78 is 39.1. The number of halogens is 3. The fourth-order valence-corrected chi connectivity index (χ4v) is 1.67. The zero-order valence-corrected chi connectivity index (χ0v) is 9.40. The summed E-state index contributed by atoms with van der Waals surface area (Å²) in [5, 5.41) is 3.86. The van der Waals surface area contributed by atoms with Crippen LogP contribution in [0.5, 0.6) is 0 Å². The van der Waals surface area contributed by atoms with Crippen molar-refractivity contribution in [2.45, 2.75) is 6.18 Å².